The molecule has 0 radical (unpaired) electrons. The number of carbonyl (C=O) groups excluding carboxylic acids is 1. The van der Waals surface area contributed by atoms with E-state index in [9.17, 15) is 4.79 Å². The molecule has 0 spiro atoms. The van der Waals surface area contributed by atoms with Gasteiger partial charge < -0.3 is 5.32 Å². The summed E-state index contributed by atoms with van der Waals surface area (Å²) in [5.74, 6) is 0.248. The van der Waals surface area contributed by atoms with Crippen LogP contribution in [0.1, 0.15) is 35.0 Å². The van der Waals surface area contributed by atoms with Gasteiger partial charge in [0, 0.05) is 42.9 Å². The monoisotopic (exact) mass is 412 g/mol. The molecule has 1 amide bonds. The average molecular weight is 413 g/mol. The molecule has 1 unspecified atom stereocenters. The number of piperidine rings is 1. The first-order chi connectivity index (χ1) is 13.8. The first-order valence-corrected chi connectivity index (χ1v) is 11.4. The SMILES string of the molecule is O=C(NC(Cc1ccsc1)c1nccs1)C1CCN(Cc2ccncc2)CC1. The Kier molecular flexibility index (Phi) is 6.46. The topological polar surface area (TPSA) is 58.1 Å². The van der Waals surface area contributed by atoms with Gasteiger partial charge in [0.05, 0.1) is 6.04 Å². The van der Waals surface area contributed by atoms with Gasteiger partial charge in [0.15, 0.2) is 0 Å². The van der Waals surface area contributed by atoms with Gasteiger partial charge in [-0.15, -0.1) is 11.3 Å². The lowest BCUT2D eigenvalue weighted by molar-refractivity contribution is -0.127. The van der Waals surface area contributed by atoms with Gasteiger partial charge in [-0.2, -0.15) is 11.3 Å². The van der Waals surface area contributed by atoms with E-state index in [4.69, 9.17) is 0 Å². The Morgan fingerprint density at radius 1 is 1.14 bits per heavy atom. The number of thiophene rings is 1. The molecule has 4 rings (SSSR count). The van der Waals surface area contributed by atoms with Crippen molar-refractivity contribution in [2.45, 2.75) is 31.8 Å². The second kappa shape index (κ2) is 9.41. The van der Waals surface area contributed by atoms with Crippen LogP contribution in [-0.2, 0) is 17.8 Å². The van der Waals surface area contributed by atoms with E-state index in [1.807, 2.05) is 24.0 Å². The van der Waals surface area contributed by atoms with Crippen molar-refractivity contribution in [3.05, 3.63) is 69.1 Å². The Hall–Kier alpha value is -2.09. The van der Waals surface area contributed by atoms with Gasteiger partial charge in [-0.25, -0.2) is 4.98 Å². The fourth-order valence-corrected chi connectivity index (χ4v) is 5.01. The maximum absolute atomic E-state index is 12.9. The minimum absolute atomic E-state index is 0.0445. The first-order valence-electron chi connectivity index (χ1n) is 9.60. The van der Waals surface area contributed by atoms with Gasteiger partial charge in [-0.3, -0.25) is 14.7 Å². The highest BCUT2D eigenvalue weighted by molar-refractivity contribution is 7.09. The predicted molar refractivity (Wildman–Crippen MR) is 113 cm³/mol. The van der Waals surface area contributed by atoms with Crippen molar-refractivity contribution in [3.63, 3.8) is 0 Å². The Bertz CT molecular complexity index is 844. The summed E-state index contributed by atoms with van der Waals surface area (Å²) in [5, 5.41) is 10.5. The van der Waals surface area contributed by atoms with Crippen molar-refractivity contribution >= 4 is 28.6 Å². The van der Waals surface area contributed by atoms with E-state index in [1.165, 1.54) is 11.1 Å². The highest BCUT2D eigenvalue weighted by Gasteiger charge is 2.27. The minimum Gasteiger partial charge on any atom is -0.346 e. The van der Waals surface area contributed by atoms with Gasteiger partial charge in [-0.05, 0) is 66.0 Å². The van der Waals surface area contributed by atoms with Crippen LogP contribution in [0, 0.1) is 5.92 Å². The molecule has 4 heterocycles. The van der Waals surface area contributed by atoms with Gasteiger partial charge in [0.1, 0.15) is 5.01 Å². The summed E-state index contributed by atoms with van der Waals surface area (Å²) in [5.41, 5.74) is 2.52. The number of nitrogens with one attached hydrogen (secondary N) is 1. The van der Waals surface area contributed by atoms with Crippen molar-refractivity contribution in [2.24, 2.45) is 5.92 Å². The fraction of sp³-hybridized carbons (Fsp3) is 0.381. The lowest BCUT2D eigenvalue weighted by Crippen LogP contribution is -2.41. The highest BCUT2D eigenvalue weighted by atomic mass is 32.1. The lowest BCUT2D eigenvalue weighted by Gasteiger charge is -2.32. The van der Waals surface area contributed by atoms with Crippen LogP contribution in [0.2, 0.25) is 0 Å². The van der Waals surface area contributed by atoms with Crippen LogP contribution in [0.3, 0.4) is 0 Å². The number of hydrogen-bond donors (Lipinski definition) is 1. The van der Waals surface area contributed by atoms with Crippen LogP contribution in [-0.4, -0.2) is 33.9 Å². The predicted octanol–water partition coefficient (Wildman–Crippen LogP) is 3.91. The molecule has 0 bridgehead atoms. The maximum atomic E-state index is 12.9. The normalized spacial score (nSPS) is 16.7. The van der Waals surface area contributed by atoms with E-state index in [-0.39, 0.29) is 17.9 Å². The zero-order valence-corrected chi connectivity index (χ0v) is 17.3. The second-order valence-corrected chi connectivity index (χ2v) is 8.88. The molecule has 7 heteroatoms. The van der Waals surface area contributed by atoms with Crippen molar-refractivity contribution < 1.29 is 4.79 Å². The number of hydrogen-bond acceptors (Lipinski definition) is 6. The van der Waals surface area contributed by atoms with Crippen molar-refractivity contribution in [1.29, 1.82) is 0 Å². The van der Waals surface area contributed by atoms with E-state index in [1.54, 1.807) is 22.7 Å². The molecule has 0 saturated carbocycles. The number of aromatic nitrogens is 2. The smallest absolute Gasteiger partial charge is 0.223 e. The van der Waals surface area contributed by atoms with Gasteiger partial charge >= 0.3 is 0 Å². The quantitative estimate of drug-likeness (QED) is 0.639. The number of thiazole rings is 1. The third-order valence-corrected chi connectivity index (χ3v) is 6.82. The molecule has 1 atom stereocenters. The summed E-state index contributed by atoms with van der Waals surface area (Å²) in [6.45, 7) is 2.83. The van der Waals surface area contributed by atoms with Crippen molar-refractivity contribution in [3.8, 4) is 0 Å². The minimum atomic E-state index is -0.0445. The molecule has 1 saturated heterocycles. The first kappa shape index (κ1) is 19.2. The summed E-state index contributed by atoms with van der Waals surface area (Å²) in [6, 6.07) is 6.19. The molecule has 3 aromatic rings. The molecule has 28 heavy (non-hydrogen) atoms. The van der Waals surface area contributed by atoms with Crippen LogP contribution in [0.25, 0.3) is 0 Å². The van der Waals surface area contributed by atoms with Crippen LogP contribution in [0.15, 0.2) is 52.9 Å². The van der Waals surface area contributed by atoms with E-state index in [0.717, 1.165) is 43.9 Å². The molecule has 0 aliphatic carbocycles. The second-order valence-electron chi connectivity index (χ2n) is 7.17. The number of likely N-dealkylation sites (tertiary alicyclic amines) is 1. The number of nitrogens with zero attached hydrogens (tertiary/aromatic N) is 3. The van der Waals surface area contributed by atoms with E-state index < -0.39 is 0 Å². The summed E-state index contributed by atoms with van der Waals surface area (Å²) in [6.07, 6.45) is 8.08. The molecule has 3 aromatic heterocycles. The highest BCUT2D eigenvalue weighted by Crippen LogP contribution is 2.25. The van der Waals surface area contributed by atoms with Crippen molar-refractivity contribution in [1.82, 2.24) is 20.2 Å². The molecule has 5 nitrogen and oxygen atoms in total. The zero-order chi connectivity index (χ0) is 19.2. The molecule has 146 valence electrons. The van der Waals surface area contributed by atoms with Gasteiger partial charge in [-0.1, -0.05) is 0 Å². The Morgan fingerprint density at radius 2 is 1.96 bits per heavy atom. The standard InChI is InChI=1S/C21H24N4OS2/c26-20(18-3-9-25(10-4-18)14-16-1-6-22-7-2-16)24-19(21-23-8-12-28-21)13-17-5-11-27-15-17/h1-2,5-8,11-12,15,18-19H,3-4,9-10,13-14H2,(H,24,26). The summed E-state index contributed by atoms with van der Waals surface area (Å²) in [7, 11) is 0. The zero-order valence-electron chi connectivity index (χ0n) is 15.7. The molecule has 1 aliphatic rings. The molecular formula is C21H24N4OS2. The largest absolute Gasteiger partial charge is 0.346 e. The maximum Gasteiger partial charge on any atom is 0.223 e. The van der Waals surface area contributed by atoms with Crippen LogP contribution in [0.4, 0.5) is 0 Å². The number of pyridine rings is 1. The summed E-state index contributed by atoms with van der Waals surface area (Å²) >= 11 is 3.29. The summed E-state index contributed by atoms with van der Waals surface area (Å²) < 4.78 is 0. The molecular weight excluding hydrogens is 388 g/mol. The average Bonchev–Trinajstić information content (AvgIpc) is 3.43. The lowest BCUT2D eigenvalue weighted by atomic mass is 9.95. The van der Waals surface area contributed by atoms with Crippen LogP contribution < -0.4 is 5.32 Å². The van der Waals surface area contributed by atoms with Gasteiger partial charge in [0.2, 0.25) is 5.91 Å². The molecule has 1 fully saturated rings. The number of rotatable bonds is 7. The molecule has 0 aromatic carbocycles. The third-order valence-electron chi connectivity index (χ3n) is 5.20. The summed E-state index contributed by atoms with van der Waals surface area (Å²) in [4.78, 5) is 23.9. The Morgan fingerprint density at radius 3 is 2.64 bits per heavy atom. The molecule has 1 N–H and O–H groups in total. The van der Waals surface area contributed by atoms with E-state index >= 15 is 0 Å². The Balaban J connectivity index is 1.32. The Labute approximate surface area is 173 Å². The fourth-order valence-electron chi connectivity index (χ4n) is 3.64. The molecule has 1 aliphatic heterocycles. The number of amides is 1. The van der Waals surface area contributed by atoms with Gasteiger partial charge in [0.25, 0.3) is 0 Å². The van der Waals surface area contributed by atoms with Crippen LogP contribution in [0.5, 0.6) is 0 Å². The van der Waals surface area contributed by atoms with E-state index in [0.29, 0.717) is 0 Å². The third kappa shape index (κ3) is 5.04. The number of carbonyl (C=O) groups is 1. The van der Waals surface area contributed by atoms with Crippen LogP contribution >= 0.6 is 22.7 Å². The van der Waals surface area contributed by atoms with Crippen molar-refractivity contribution in [2.75, 3.05) is 13.1 Å². The van der Waals surface area contributed by atoms with E-state index in [2.05, 4.69) is 49.1 Å².